The molecule has 124 valence electrons. The van der Waals surface area contributed by atoms with Crippen molar-refractivity contribution in [2.24, 2.45) is 0 Å². The minimum Gasteiger partial charge on any atom is -0.333 e. The van der Waals surface area contributed by atoms with E-state index in [0.29, 0.717) is 0 Å². The number of nitrogens with one attached hydrogen (secondary N) is 3. The monoisotopic (exact) mass is 320 g/mol. The number of anilines is 1. The van der Waals surface area contributed by atoms with Gasteiger partial charge < -0.3 is 20.9 Å². The molecular weight excluding hydrogens is 299 g/mol. The summed E-state index contributed by atoms with van der Waals surface area (Å²) in [7, 11) is 0. The lowest BCUT2D eigenvalue weighted by molar-refractivity contribution is -0.117. The average Bonchev–Trinajstić information content (AvgIpc) is 3.05. The molecule has 0 radical (unpaired) electrons. The number of carbonyl (C=O) groups excluding carboxylic acids is 2. The second-order valence-electron chi connectivity index (χ2n) is 6.44. The summed E-state index contributed by atoms with van der Waals surface area (Å²) < 4.78 is 13.8. The summed E-state index contributed by atoms with van der Waals surface area (Å²) in [5, 5.41) is 8.97. The Morgan fingerprint density at radius 1 is 1.43 bits per heavy atom. The summed E-state index contributed by atoms with van der Waals surface area (Å²) in [5.41, 5.74) is -0.00747. The molecule has 0 aromatic heterocycles. The summed E-state index contributed by atoms with van der Waals surface area (Å²) >= 11 is 0. The van der Waals surface area contributed by atoms with Gasteiger partial charge in [0.25, 0.3) is 0 Å². The Morgan fingerprint density at radius 3 is 2.91 bits per heavy atom. The van der Waals surface area contributed by atoms with Crippen molar-refractivity contribution in [3.05, 3.63) is 30.1 Å². The molecule has 2 saturated heterocycles. The van der Waals surface area contributed by atoms with Gasteiger partial charge >= 0.3 is 6.03 Å². The first kappa shape index (κ1) is 15.7. The van der Waals surface area contributed by atoms with Crippen molar-refractivity contribution in [2.75, 3.05) is 24.5 Å². The Kier molecular flexibility index (Phi) is 4.21. The molecule has 0 spiro atoms. The molecule has 1 aromatic carbocycles. The second-order valence-corrected chi connectivity index (χ2v) is 6.44. The molecule has 0 saturated carbocycles. The van der Waals surface area contributed by atoms with Crippen molar-refractivity contribution in [3.8, 4) is 0 Å². The van der Waals surface area contributed by atoms with Gasteiger partial charge in [0.1, 0.15) is 5.82 Å². The van der Waals surface area contributed by atoms with E-state index >= 15 is 0 Å². The summed E-state index contributed by atoms with van der Waals surface area (Å²) in [4.78, 5) is 25.6. The first-order chi connectivity index (χ1) is 11.0. The van der Waals surface area contributed by atoms with Crippen LogP contribution in [0.3, 0.4) is 0 Å². The lowest BCUT2D eigenvalue weighted by Crippen LogP contribution is -2.53. The average molecular weight is 320 g/mol. The molecular formula is C16H21FN4O2. The molecule has 7 heteroatoms. The van der Waals surface area contributed by atoms with E-state index in [9.17, 15) is 14.0 Å². The van der Waals surface area contributed by atoms with Crippen molar-refractivity contribution in [1.29, 1.82) is 0 Å². The van der Waals surface area contributed by atoms with E-state index < -0.39 is 5.82 Å². The zero-order valence-electron chi connectivity index (χ0n) is 13.1. The van der Waals surface area contributed by atoms with Crippen LogP contribution in [0.25, 0.3) is 0 Å². The van der Waals surface area contributed by atoms with E-state index in [4.69, 9.17) is 0 Å². The predicted molar refractivity (Wildman–Crippen MR) is 84.7 cm³/mol. The summed E-state index contributed by atoms with van der Waals surface area (Å²) in [6.07, 6.45) is 1.04. The van der Waals surface area contributed by atoms with Gasteiger partial charge in [0.15, 0.2) is 0 Å². The predicted octanol–water partition coefficient (Wildman–Crippen LogP) is 0.982. The third-order valence-electron chi connectivity index (χ3n) is 4.39. The molecule has 3 amide bonds. The van der Waals surface area contributed by atoms with Gasteiger partial charge in [0.05, 0.1) is 17.3 Å². The van der Waals surface area contributed by atoms with E-state index in [1.165, 1.54) is 11.0 Å². The van der Waals surface area contributed by atoms with Crippen LogP contribution in [0.1, 0.15) is 19.8 Å². The van der Waals surface area contributed by atoms with Gasteiger partial charge in [-0.25, -0.2) is 9.18 Å². The van der Waals surface area contributed by atoms with Gasteiger partial charge in [-0.1, -0.05) is 12.1 Å². The minimum absolute atomic E-state index is 0.177. The van der Waals surface area contributed by atoms with E-state index in [-0.39, 0.29) is 42.2 Å². The topological polar surface area (TPSA) is 73.5 Å². The Morgan fingerprint density at radius 2 is 2.22 bits per heavy atom. The first-order valence-corrected chi connectivity index (χ1v) is 7.81. The van der Waals surface area contributed by atoms with Gasteiger partial charge in [-0.3, -0.25) is 4.79 Å². The number of halogens is 1. The van der Waals surface area contributed by atoms with Crippen molar-refractivity contribution >= 4 is 17.6 Å². The summed E-state index contributed by atoms with van der Waals surface area (Å²) in [5.74, 6) is -0.621. The number of benzene rings is 1. The number of urea groups is 1. The SMILES string of the molecule is CC1(NC(=O)NC2CC(=O)N(c3ccccc3F)C2)CCNC1. The Balaban J connectivity index is 1.59. The largest absolute Gasteiger partial charge is 0.333 e. The quantitative estimate of drug-likeness (QED) is 0.777. The molecule has 2 atom stereocenters. The highest BCUT2D eigenvalue weighted by atomic mass is 19.1. The molecule has 23 heavy (non-hydrogen) atoms. The van der Waals surface area contributed by atoms with Crippen molar-refractivity contribution in [3.63, 3.8) is 0 Å². The third kappa shape index (κ3) is 3.44. The molecule has 0 aliphatic carbocycles. The van der Waals surface area contributed by atoms with Gasteiger partial charge in [0.2, 0.25) is 5.91 Å². The zero-order chi connectivity index (χ0) is 16.4. The lowest BCUT2D eigenvalue weighted by Gasteiger charge is -2.25. The normalized spacial score (nSPS) is 27.3. The third-order valence-corrected chi connectivity index (χ3v) is 4.39. The highest BCUT2D eigenvalue weighted by Gasteiger charge is 2.35. The second kappa shape index (κ2) is 6.16. The number of carbonyl (C=O) groups is 2. The number of rotatable bonds is 3. The fourth-order valence-corrected chi connectivity index (χ4v) is 3.13. The smallest absolute Gasteiger partial charge is 0.315 e. The molecule has 3 rings (SSSR count). The van der Waals surface area contributed by atoms with E-state index in [0.717, 1.165) is 19.5 Å². The Labute approximate surface area is 134 Å². The molecule has 2 unspecified atom stereocenters. The van der Waals surface area contributed by atoms with Crippen LogP contribution < -0.4 is 20.9 Å². The molecule has 0 bridgehead atoms. The van der Waals surface area contributed by atoms with Crippen molar-refractivity contribution in [1.82, 2.24) is 16.0 Å². The number of hydrogen-bond donors (Lipinski definition) is 3. The Hall–Kier alpha value is -2.15. The molecule has 2 aliphatic rings. The van der Waals surface area contributed by atoms with Crippen molar-refractivity contribution in [2.45, 2.75) is 31.3 Å². The lowest BCUT2D eigenvalue weighted by atomic mass is 10.0. The standard InChI is InChI=1S/C16H21FN4O2/c1-16(6-7-18-10-16)20-15(23)19-11-8-14(22)21(9-11)13-5-3-2-4-12(13)17/h2-5,11,18H,6-10H2,1H3,(H2,19,20,23). The van der Waals surface area contributed by atoms with Crippen LogP contribution in [0.4, 0.5) is 14.9 Å². The fourth-order valence-electron chi connectivity index (χ4n) is 3.13. The minimum atomic E-state index is -0.435. The molecule has 1 aromatic rings. The number of nitrogens with zero attached hydrogens (tertiary/aromatic N) is 1. The van der Waals surface area contributed by atoms with E-state index in [1.807, 2.05) is 6.92 Å². The number of para-hydroxylation sites is 1. The first-order valence-electron chi connectivity index (χ1n) is 7.81. The van der Waals surface area contributed by atoms with Crippen molar-refractivity contribution < 1.29 is 14.0 Å². The van der Waals surface area contributed by atoms with Gasteiger partial charge in [-0.05, 0) is 32.0 Å². The van der Waals surface area contributed by atoms with Gasteiger partial charge in [-0.15, -0.1) is 0 Å². The van der Waals surface area contributed by atoms with Gasteiger partial charge in [0, 0.05) is 19.5 Å². The Bertz CT molecular complexity index is 616. The van der Waals surface area contributed by atoms with Crippen LogP contribution in [0.2, 0.25) is 0 Å². The van der Waals surface area contributed by atoms with Crippen LogP contribution in [0, 0.1) is 5.82 Å². The summed E-state index contributed by atoms with van der Waals surface area (Å²) in [6, 6.07) is 5.56. The molecule has 2 aliphatic heterocycles. The molecule has 2 fully saturated rings. The highest BCUT2D eigenvalue weighted by molar-refractivity contribution is 5.96. The van der Waals surface area contributed by atoms with E-state index in [1.54, 1.807) is 18.2 Å². The molecule has 3 N–H and O–H groups in total. The maximum atomic E-state index is 13.8. The van der Waals surface area contributed by atoms with Crippen LogP contribution in [-0.4, -0.2) is 43.2 Å². The highest BCUT2D eigenvalue weighted by Crippen LogP contribution is 2.24. The van der Waals surface area contributed by atoms with Gasteiger partial charge in [-0.2, -0.15) is 0 Å². The summed E-state index contributed by atoms with van der Waals surface area (Å²) in [6.45, 7) is 3.87. The maximum absolute atomic E-state index is 13.8. The van der Waals surface area contributed by atoms with Crippen LogP contribution in [0.15, 0.2) is 24.3 Å². The van der Waals surface area contributed by atoms with Crippen LogP contribution in [-0.2, 0) is 4.79 Å². The van der Waals surface area contributed by atoms with Crippen LogP contribution in [0.5, 0.6) is 0 Å². The number of hydrogen-bond acceptors (Lipinski definition) is 3. The van der Waals surface area contributed by atoms with E-state index in [2.05, 4.69) is 16.0 Å². The molecule has 2 heterocycles. The number of amides is 3. The van der Waals surface area contributed by atoms with Crippen LogP contribution >= 0.6 is 0 Å². The maximum Gasteiger partial charge on any atom is 0.315 e. The zero-order valence-corrected chi connectivity index (χ0v) is 13.1. The fraction of sp³-hybridized carbons (Fsp3) is 0.500. The molecule has 6 nitrogen and oxygen atoms in total.